The fourth-order valence-corrected chi connectivity index (χ4v) is 8.17. The third-order valence-electron chi connectivity index (χ3n) is 11.1. The highest BCUT2D eigenvalue weighted by molar-refractivity contribution is 7.99. The molecule has 0 aliphatic heterocycles. The molecule has 0 aliphatic carbocycles. The number of ether oxygens (including phenoxy) is 1. The lowest BCUT2D eigenvalue weighted by Gasteiger charge is -2.23. The summed E-state index contributed by atoms with van der Waals surface area (Å²) in [6.07, 6.45) is 42.5. The van der Waals surface area contributed by atoms with Gasteiger partial charge in [0.1, 0.15) is 6.04 Å². The number of allylic oxidation sites excluding steroid dienone is 2. The minimum Gasteiger partial charge on any atom is -0.466 e. The molecule has 0 aromatic carbocycles. The normalized spacial score (nSPS) is 12.7. The van der Waals surface area contributed by atoms with Crippen LogP contribution in [0.3, 0.4) is 0 Å². The molecule has 2 amide bonds. The highest BCUT2D eigenvalue weighted by Gasteiger charge is 2.25. The second-order valence-corrected chi connectivity index (χ2v) is 18.2. The number of amides is 2. The Bertz CT molecular complexity index is 930. The van der Waals surface area contributed by atoms with Crippen LogP contribution in [0.25, 0.3) is 0 Å². The van der Waals surface area contributed by atoms with E-state index in [1.165, 1.54) is 154 Å². The molecule has 0 saturated carbocycles. The minimum atomic E-state index is -0.559. The summed E-state index contributed by atoms with van der Waals surface area (Å²) in [7, 11) is 3.98. The molecule has 7 nitrogen and oxygen atoms in total. The van der Waals surface area contributed by atoms with Crippen LogP contribution < -0.4 is 10.6 Å². The zero-order valence-corrected chi connectivity index (χ0v) is 39.3. The molecule has 0 fully saturated rings. The minimum absolute atomic E-state index is 0.0393. The molecule has 57 heavy (non-hydrogen) atoms. The summed E-state index contributed by atoms with van der Waals surface area (Å²) >= 11 is 1.66. The molecule has 0 aromatic heterocycles. The third kappa shape index (κ3) is 39.7. The fraction of sp³-hybridized carbons (Fsp3) is 0.898. The molecule has 0 spiro atoms. The van der Waals surface area contributed by atoms with Crippen LogP contribution in [0.4, 0.5) is 0 Å². The van der Waals surface area contributed by atoms with Gasteiger partial charge in [-0.05, 0) is 71.2 Å². The molecule has 0 rings (SSSR count). The van der Waals surface area contributed by atoms with Crippen molar-refractivity contribution in [3.63, 3.8) is 0 Å². The zero-order chi connectivity index (χ0) is 41.9. The molecule has 2 N–H and O–H groups in total. The topological polar surface area (TPSA) is 87.7 Å². The number of carbonyl (C=O) groups excluding carboxylic acids is 3. The van der Waals surface area contributed by atoms with E-state index in [4.69, 9.17) is 4.74 Å². The lowest BCUT2D eigenvalue weighted by molar-refractivity contribution is -0.143. The summed E-state index contributed by atoms with van der Waals surface area (Å²) < 4.78 is 5.51. The van der Waals surface area contributed by atoms with Gasteiger partial charge >= 0.3 is 5.97 Å². The second-order valence-electron chi connectivity index (χ2n) is 17.0. The monoisotopic (exact) mass is 822 g/mol. The van der Waals surface area contributed by atoms with Gasteiger partial charge in [0.25, 0.3) is 0 Å². The van der Waals surface area contributed by atoms with E-state index in [2.05, 4.69) is 43.6 Å². The average molecular weight is 822 g/mol. The Labute approximate surface area is 358 Å². The molecule has 0 aliphatic rings. The Morgan fingerprint density at radius 3 is 1.51 bits per heavy atom. The maximum atomic E-state index is 13.7. The molecule has 2 atom stereocenters. The predicted molar refractivity (Wildman–Crippen MR) is 249 cm³/mol. The summed E-state index contributed by atoms with van der Waals surface area (Å²) in [4.78, 5) is 41.5. The van der Waals surface area contributed by atoms with Gasteiger partial charge in [-0.15, -0.1) is 0 Å². The number of hydrogen-bond donors (Lipinski definition) is 2. The van der Waals surface area contributed by atoms with Crippen LogP contribution in [0.2, 0.25) is 0 Å². The van der Waals surface area contributed by atoms with Gasteiger partial charge in [-0.25, -0.2) is 0 Å². The van der Waals surface area contributed by atoms with Crippen LogP contribution in [0.15, 0.2) is 12.2 Å². The summed E-state index contributed by atoms with van der Waals surface area (Å²) in [5.74, 6) is 1.12. The van der Waals surface area contributed by atoms with Crippen LogP contribution in [0.1, 0.15) is 226 Å². The first-order valence-electron chi connectivity index (χ1n) is 24.5. The van der Waals surface area contributed by atoms with Crippen molar-refractivity contribution in [1.29, 1.82) is 0 Å². The van der Waals surface area contributed by atoms with Crippen molar-refractivity contribution in [3.8, 4) is 0 Å². The predicted octanol–water partition coefficient (Wildman–Crippen LogP) is 13.1. The average Bonchev–Trinajstić information content (AvgIpc) is 3.19. The van der Waals surface area contributed by atoms with Crippen molar-refractivity contribution in [2.75, 3.05) is 45.3 Å². The number of nitrogens with zero attached hydrogens (tertiary/aromatic N) is 1. The Kier molecular flexibility index (Phi) is 42.8. The van der Waals surface area contributed by atoms with Crippen molar-refractivity contribution in [2.24, 2.45) is 5.92 Å². The van der Waals surface area contributed by atoms with Crippen LogP contribution in [-0.4, -0.2) is 74.0 Å². The van der Waals surface area contributed by atoms with Gasteiger partial charge in [-0.2, -0.15) is 11.8 Å². The van der Waals surface area contributed by atoms with E-state index in [-0.39, 0.29) is 23.7 Å². The highest BCUT2D eigenvalue weighted by Crippen LogP contribution is 2.21. The van der Waals surface area contributed by atoms with Crippen LogP contribution in [0, 0.1) is 5.92 Å². The number of esters is 1. The molecule has 0 bridgehead atoms. The summed E-state index contributed by atoms with van der Waals surface area (Å²) in [6, 6.07) is -0.559. The van der Waals surface area contributed by atoms with E-state index in [1.54, 1.807) is 11.8 Å². The third-order valence-corrected chi connectivity index (χ3v) is 12.1. The number of rotatable bonds is 44. The van der Waals surface area contributed by atoms with Crippen molar-refractivity contribution in [1.82, 2.24) is 15.5 Å². The van der Waals surface area contributed by atoms with Crippen molar-refractivity contribution in [3.05, 3.63) is 12.2 Å². The van der Waals surface area contributed by atoms with E-state index in [9.17, 15) is 14.4 Å². The largest absolute Gasteiger partial charge is 0.466 e. The number of unbranched alkanes of at least 4 members (excludes halogenated alkanes) is 24. The van der Waals surface area contributed by atoms with Gasteiger partial charge in [0, 0.05) is 24.8 Å². The highest BCUT2D eigenvalue weighted by atomic mass is 32.2. The van der Waals surface area contributed by atoms with Crippen LogP contribution in [0.5, 0.6) is 0 Å². The van der Waals surface area contributed by atoms with E-state index in [1.807, 2.05) is 19.0 Å². The van der Waals surface area contributed by atoms with E-state index in [0.29, 0.717) is 37.5 Å². The Morgan fingerprint density at radius 1 is 0.561 bits per heavy atom. The SMILES string of the molecule is CCCCCCCCC=CCCCCCCCCOC(=O)CCSCCC(NC(=O)C(CCCCCCCC)CCCCCCCCCC)C(=O)NCCN(C)C. The quantitative estimate of drug-likeness (QED) is 0.0362. The smallest absolute Gasteiger partial charge is 0.306 e. The van der Waals surface area contributed by atoms with Gasteiger partial charge in [0.05, 0.1) is 13.0 Å². The lowest BCUT2D eigenvalue weighted by atomic mass is 9.93. The van der Waals surface area contributed by atoms with E-state index < -0.39 is 6.04 Å². The molecule has 0 aromatic rings. The maximum Gasteiger partial charge on any atom is 0.306 e. The number of nitrogens with one attached hydrogen (secondary N) is 2. The number of likely N-dealkylation sites (N-methyl/N-ethyl adjacent to an activating group) is 1. The number of carbonyl (C=O) groups is 3. The first-order chi connectivity index (χ1) is 27.8. The number of hydrogen-bond acceptors (Lipinski definition) is 6. The summed E-state index contributed by atoms with van der Waals surface area (Å²) in [6.45, 7) is 8.57. The van der Waals surface area contributed by atoms with Gasteiger partial charge in [0.2, 0.25) is 11.8 Å². The van der Waals surface area contributed by atoms with Gasteiger partial charge in [-0.1, -0.05) is 181 Å². The molecule has 0 heterocycles. The van der Waals surface area contributed by atoms with E-state index in [0.717, 1.165) is 45.1 Å². The molecular weight excluding hydrogens is 727 g/mol. The zero-order valence-electron chi connectivity index (χ0n) is 38.5. The Balaban J connectivity index is 4.54. The van der Waals surface area contributed by atoms with Gasteiger partial charge in [0.15, 0.2) is 0 Å². The van der Waals surface area contributed by atoms with Gasteiger partial charge in [-0.3, -0.25) is 14.4 Å². The maximum absolute atomic E-state index is 13.7. The Hall–Kier alpha value is -1.54. The van der Waals surface area contributed by atoms with Crippen molar-refractivity contribution < 1.29 is 19.1 Å². The molecular formula is C49H95N3O4S. The number of thioether (sulfide) groups is 1. The first kappa shape index (κ1) is 55.5. The van der Waals surface area contributed by atoms with Crippen molar-refractivity contribution >= 4 is 29.5 Å². The fourth-order valence-electron chi connectivity index (χ4n) is 7.25. The molecule has 2 unspecified atom stereocenters. The van der Waals surface area contributed by atoms with E-state index >= 15 is 0 Å². The second kappa shape index (κ2) is 44.0. The standard InChI is InChI=1S/C49H95N3O4S/c1-6-9-12-15-18-20-21-22-23-24-25-26-27-29-32-35-42-56-47(53)39-44-57-43-38-46(49(55)50-40-41-52(4)5)51-48(54)45(36-33-30-17-14-11-8-3)37-34-31-28-19-16-13-10-7-2/h22-23,45-46H,6-21,24-44H2,1-5H3,(H,50,55)(H,51,54). The molecule has 336 valence electrons. The van der Waals surface area contributed by atoms with Crippen LogP contribution >= 0.6 is 11.8 Å². The summed E-state index contributed by atoms with van der Waals surface area (Å²) in [5.41, 5.74) is 0. The van der Waals surface area contributed by atoms with Crippen molar-refractivity contribution in [2.45, 2.75) is 232 Å². The molecule has 0 saturated heterocycles. The molecule has 0 radical (unpaired) electrons. The molecule has 8 heteroatoms. The summed E-state index contributed by atoms with van der Waals surface area (Å²) in [5, 5.41) is 6.25. The van der Waals surface area contributed by atoms with Gasteiger partial charge < -0.3 is 20.3 Å². The van der Waals surface area contributed by atoms with Crippen LogP contribution in [-0.2, 0) is 19.1 Å². The Morgan fingerprint density at radius 2 is 1.02 bits per heavy atom. The first-order valence-corrected chi connectivity index (χ1v) is 25.6. The lowest BCUT2D eigenvalue weighted by Crippen LogP contribution is -2.49.